The van der Waals surface area contributed by atoms with E-state index >= 15 is 0 Å². The number of amides is 1. The van der Waals surface area contributed by atoms with Crippen LogP contribution < -0.4 is 11.1 Å². The van der Waals surface area contributed by atoms with Gasteiger partial charge in [-0.1, -0.05) is 12.1 Å². The fourth-order valence-electron chi connectivity index (χ4n) is 1.36. The van der Waals surface area contributed by atoms with Gasteiger partial charge in [-0.15, -0.1) is 0 Å². The first-order valence-corrected chi connectivity index (χ1v) is 5.12. The summed E-state index contributed by atoms with van der Waals surface area (Å²) in [5, 5.41) is 11.8. The second-order valence-corrected chi connectivity index (χ2v) is 3.76. The summed E-state index contributed by atoms with van der Waals surface area (Å²) in [6.07, 6.45) is 0.330. The van der Waals surface area contributed by atoms with E-state index in [1.54, 1.807) is 12.1 Å². The Morgan fingerprint density at radius 1 is 1.50 bits per heavy atom. The first-order chi connectivity index (χ1) is 7.61. The molecule has 1 aromatic carbocycles. The minimum absolute atomic E-state index is 0.0631. The van der Waals surface area contributed by atoms with Crippen molar-refractivity contribution in [3.63, 3.8) is 0 Å². The van der Waals surface area contributed by atoms with E-state index in [2.05, 4.69) is 11.4 Å². The molecular formula is C12H15N3O. The van der Waals surface area contributed by atoms with Crippen molar-refractivity contribution in [2.24, 2.45) is 5.73 Å². The average Bonchev–Trinajstić information content (AvgIpc) is 2.26. The molecule has 0 saturated carbocycles. The maximum Gasteiger partial charge on any atom is 0.218 e. The number of primary amides is 1. The molecule has 1 amide bonds. The molecule has 1 rings (SSSR count). The van der Waals surface area contributed by atoms with Crippen LogP contribution in [0.15, 0.2) is 24.3 Å². The third-order valence-electron chi connectivity index (χ3n) is 2.25. The highest BCUT2D eigenvalue weighted by Crippen LogP contribution is 2.03. The number of nitrogens with zero attached hydrogens (tertiary/aromatic N) is 1. The summed E-state index contributed by atoms with van der Waals surface area (Å²) >= 11 is 0. The van der Waals surface area contributed by atoms with Gasteiger partial charge in [-0.2, -0.15) is 5.26 Å². The van der Waals surface area contributed by atoms with Crippen molar-refractivity contribution in [1.82, 2.24) is 5.32 Å². The van der Waals surface area contributed by atoms with Crippen molar-refractivity contribution in [2.45, 2.75) is 25.9 Å². The lowest BCUT2D eigenvalue weighted by Gasteiger charge is -2.11. The van der Waals surface area contributed by atoms with Crippen LogP contribution in [0.5, 0.6) is 0 Å². The SMILES string of the molecule is CC(CC(N)=O)NCc1ccc(C#N)cc1. The van der Waals surface area contributed by atoms with Crippen molar-refractivity contribution < 1.29 is 4.79 Å². The third kappa shape index (κ3) is 4.11. The number of rotatable bonds is 5. The Bertz CT molecular complexity index is 392. The van der Waals surface area contributed by atoms with Crippen LogP contribution in [0.3, 0.4) is 0 Å². The van der Waals surface area contributed by atoms with Gasteiger partial charge in [-0.25, -0.2) is 0 Å². The van der Waals surface area contributed by atoms with E-state index in [1.165, 1.54) is 0 Å². The molecule has 1 unspecified atom stereocenters. The number of hydrogen-bond donors (Lipinski definition) is 2. The third-order valence-corrected chi connectivity index (χ3v) is 2.25. The normalized spacial score (nSPS) is 11.8. The van der Waals surface area contributed by atoms with Gasteiger partial charge in [-0.3, -0.25) is 4.79 Å². The number of benzene rings is 1. The summed E-state index contributed by atoms with van der Waals surface area (Å²) < 4.78 is 0. The second kappa shape index (κ2) is 5.89. The van der Waals surface area contributed by atoms with E-state index in [1.807, 2.05) is 19.1 Å². The highest BCUT2D eigenvalue weighted by Gasteiger charge is 2.04. The molecule has 4 heteroatoms. The van der Waals surface area contributed by atoms with Crippen LogP contribution in [0.2, 0.25) is 0 Å². The molecule has 0 aliphatic heterocycles. The minimum Gasteiger partial charge on any atom is -0.370 e. The highest BCUT2D eigenvalue weighted by molar-refractivity contribution is 5.74. The maximum atomic E-state index is 10.7. The maximum absolute atomic E-state index is 10.7. The van der Waals surface area contributed by atoms with Crippen molar-refractivity contribution in [3.05, 3.63) is 35.4 Å². The summed E-state index contributed by atoms with van der Waals surface area (Å²) in [7, 11) is 0. The molecule has 0 aliphatic carbocycles. The van der Waals surface area contributed by atoms with Crippen LogP contribution in [-0.4, -0.2) is 11.9 Å². The number of hydrogen-bond acceptors (Lipinski definition) is 3. The van der Waals surface area contributed by atoms with Crippen LogP contribution in [0.1, 0.15) is 24.5 Å². The van der Waals surface area contributed by atoms with Gasteiger partial charge in [0, 0.05) is 19.0 Å². The number of nitriles is 1. The van der Waals surface area contributed by atoms with E-state index < -0.39 is 0 Å². The Balaban J connectivity index is 2.43. The molecule has 0 aromatic heterocycles. The van der Waals surface area contributed by atoms with Crippen molar-refractivity contribution in [1.29, 1.82) is 5.26 Å². The molecule has 0 aliphatic rings. The fourth-order valence-corrected chi connectivity index (χ4v) is 1.36. The Kier molecular flexibility index (Phi) is 4.49. The van der Waals surface area contributed by atoms with Crippen LogP contribution in [-0.2, 0) is 11.3 Å². The Morgan fingerprint density at radius 2 is 2.12 bits per heavy atom. The number of nitrogens with two attached hydrogens (primary N) is 1. The summed E-state index contributed by atoms with van der Waals surface area (Å²) in [5.41, 5.74) is 6.81. The van der Waals surface area contributed by atoms with Crippen molar-refractivity contribution in [2.75, 3.05) is 0 Å². The van der Waals surface area contributed by atoms with Gasteiger partial charge in [0.15, 0.2) is 0 Å². The zero-order valence-electron chi connectivity index (χ0n) is 9.23. The summed E-state index contributed by atoms with van der Waals surface area (Å²) in [5.74, 6) is -0.306. The van der Waals surface area contributed by atoms with Gasteiger partial charge in [0.25, 0.3) is 0 Å². The largest absolute Gasteiger partial charge is 0.370 e. The average molecular weight is 217 g/mol. The van der Waals surface area contributed by atoms with Gasteiger partial charge in [0.05, 0.1) is 11.6 Å². The molecule has 0 spiro atoms. The Hall–Kier alpha value is -1.86. The molecule has 16 heavy (non-hydrogen) atoms. The second-order valence-electron chi connectivity index (χ2n) is 3.76. The van der Waals surface area contributed by atoms with Gasteiger partial charge in [-0.05, 0) is 24.6 Å². The first kappa shape index (κ1) is 12.2. The van der Waals surface area contributed by atoms with E-state index in [0.29, 0.717) is 18.5 Å². The zero-order chi connectivity index (χ0) is 12.0. The van der Waals surface area contributed by atoms with Crippen molar-refractivity contribution in [3.8, 4) is 6.07 Å². The van der Waals surface area contributed by atoms with E-state index in [-0.39, 0.29) is 11.9 Å². The molecule has 84 valence electrons. The number of nitrogens with one attached hydrogen (secondary N) is 1. The molecule has 1 atom stereocenters. The van der Waals surface area contributed by atoms with Gasteiger partial charge < -0.3 is 11.1 Å². The first-order valence-electron chi connectivity index (χ1n) is 5.12. The lowest BCUT2D eigenvalue weighted by atomic mass is 10.1. The van der Waals surface area contributed by atoms with Gasteiger partial charge in [0.1, 0.15) is 0 Å². The molecule has 4 nitrogen and oxygen atoms in total. The molecule has 0 fully saturated rings. The minimum atomic E-state index is -0.306. The molecule has 0 radical (unpaired) electrons. The van der Waals surface area contributed by atoms with Gasteiger partial charge >= 0.3 is 0 Å². The smallest absolute Gasteiger partial charge is 0.218 e. The molecule has 0 saturated heterocycles. The zero-order valence-corrected chi connectivity index (χ0v) is 9.23. The lowest BCUT2D eigenvalue weighted by molar-refractivity contribution is -0.118. The van der Waals surface area contributed by atoms with E-state index in [9.17, 15) is 4.79 Å². The van der Waals surface area contributed by atoms with Crippen LogP contribution in [0.4, 0.5) is 0 Å². The standard InChI is InChI=1S/C12H15N3O/c1-9(6-12(14)16)15-8-11-4-2-10(7-13)3-5-11/h2-5,9,15H,6,8H2,1H3,(H2,14,16). The summed E-state index contributed by atoms with van der Waals surface area (Å²) in [6, 6.07) is 9.46. The van der Waals surface area contributed by atoms with Crippen LogP contribution >= 0.6 is 0 Å². The molecule has 0 bridgehead atoms. The monoisotopic (exact) mass is 217 g/mol. The molecule has 3 N–H and O–H groups in total. The van der Waals surface area contributed by atoms with E-state index in [4.69, 9.17) is 11.0 Å². The van der Waals surface area contributed by atoms with Crippen molar-refractivity contribution >= 4 is 5.91 Å². The lowest BCUT2D eigenvalue weighted by Crippen LogP contribution is -2.30. The molecular weight excluding hydrogens is 202 g/mol. The van der Waals surface area contributed by atoms with E-state index in [0.717, 1.165) is 5.56 Å². The molecule has 1 aromatic rings. The Labute approximate surface area is 95.1 Å². The molecule has 0 heterocycles. The highest BCUT2D eigenvalue weighted by atomic mass is 16.1. The topological polar surface area (TPSA) is 78.9 Å². The van der Waals surface area contributed by atoms with Gasteiger partial charge in [0.2, 0.25) is 5.91 Å². The quantitative estimate of drug-likeness (QED) is 0.769. The number of carbonyl (C=O) groups excluding carboxylic acids is 1. The summed E-state index contributed by atoms with van der Waals surface area (Å²) in [6.45, 7) is 2.58. The predicted octanol–water partition coefficient (Wildman–Crippen LogP) is 0.912. The summed E-state index contributed by atoms with van der Waals surface area (Å²) in [4.78, 5) is 10.7. The predicted molar refractivity (Wildman–Crippen MR) is 61.3 cm³/mol. The van der Waals surface area contributed by atoms with Crippen LogP contribution in [0.25, 0.3) is 0 Å². The number of carbonyl (C=O) groups is 1. The fraction of sp³-hybridized carbons (Fsp3) is 0.333. The van der Waals surface area contributed by atoms with Crippen LogP contribution in [0, 0.1) is 11.3 Å². The Morgan fingerprint density at radius 3 is 2.62 bits per heavy atom.